The Kier molecular flexibility index (Phi) is 5.56. The van der Waals surface area contributed by atoms with E-state index >= 15 is 0 Å². The molecule has 0 bridgehead atoms. The smallest absolute Gasteiger partial charge is 0.265 e. The standard InChI is InChI=1S/C20H21N3O4S/c1-14-3-6-16(7-4-14)22-28(25,26)19-13-15(5-10-18(19)27-2)20(24)23(12-11-21)17-8-9-17/h3-7,10,13,17,22H,8-9,12H2,1-2H3. The van der Waals surface area contributed by atoms with Crippen LogP contribution in [0.4, 0.5) is 5.69 Å². The minimum atomic E-state index is -3.98. The summed E-state index contributed by atoms with van der Waals surface area (Å²) in [6.45, 7) is 1.88. The first-order chi connectivity index (χ1) is 13.4. The lowest BCUT2D eigenvalue weighted by Crippen LogP contribution is -2.33. The molecule has 28 heavy (non-hydrogen) atoms. The highest BCUT2D eigenvalue weighted by molar-refractivity contribution is 7.92. The summed E-state index contributed by atoms with van der Waals surface area (Å²) >= 11 is 0. The Morgan fingerprint density at radius 1 is 1.25 bits per heavy atom. The van der Waals surface area contributed by atoms with Crippen molar-refractivity contribution in [3.05, 3.63) is 53.6 Å². The SMILES string of the molecule is COc1ccc(C(=O)N(CC#N)C2CC2)cc1S(=O)(=O)Nc1ccc(C)cc1. The molecule has 0 aromatic heterocycles. The maximum absolute atomic E-state index is 12.9. The third kappa shape index (κ3) is 4.26. The monoisotopic (exact) mass is 399 g/mol. The van der Waals surface area contributed by atoms with Gasteiger partial charge in [0.15, 0.2) is 0 Å². The molecule has 146 valence electrons. The molecule has 0 unspecified atom stereocenters. The number of nitrogens with one attached hydrogen (secondary N) is 1. The number of anilines is 1. The molecule has 0 spiro atoms. The van der Waals surface area contributed by atoms with Crippen LogP contribution in [-0.4, -0.2) is 38.9 Å². The van der Waals surface area contributed by atoms with Gasteiger partial charge < -0.3 is 9.64 Å². The van der Waals surface area contributed by atoms with Crippen LogP contribution in [0.25, 0.3) is 0 Å². The second-order valence-electron chi connectivity index (χ2n) is 6.66. The van der Waals surface area contributed by atoms with Crippen LogP contribution in [0.1, 0.15) is 28.8 Å². The summed E-state index contributed by atoms with van der Waals surface area (Å²) in [5.41, 5.74) is 1.62. The number of sulfonamides is 1. The third-order valence-corrected chi connectivity index (χ3v) is 5.90. The van der Waals surface area contributed by atoms with Gasteiger partial charge in [-0.25, -0.2) is 8.42 Å². The lowest BCUT2D eigenvalue weighted by molar-refractivity contribution is 0.0764. The molecular formula is C20H21N3O4S. The van der Waals surface area contributed by atoms with Gasteiger partial charge in [0.25, 0.3) is 15.9 Å². The second kappa shape index (κ2) is 7.90. The summed E-state index contributed by atoms with van der Waals surface area (Å²) in [6, 6.07) is 13.2. The summed E-state index contributed by atoms with van der Waals surface area (Å²) in [6.07, 6.45) is 1.70. The molecule has 1 fully saturated rings. The lowest BCUT2D eigenvalue weighted by atomic mass is 10.2. The van der Waals surface area contributed by atoms with Crippen LogP contribution in [-0.2, 0) is 10.0 Å². The topological polar surface area (TPSA) is 99.5 Å². The number of amides is 1. The molecule has 0 radical (unpaired) electrons. The number of hydrogen-bond acceptors (Lipinski definition) is 5. The number of benzene rings is 2. The van der Waals surface area contributed by atoms with E-state index in [1.165, 1.54) is 30.2 Å². The molecule has 8 heteroatoms. The van der Waals surface area contributed by atoms with Crippen molar-refractivity contribution in [2.24, 2.45) is 0 Å². The van der Waals surface area contributed by atoms with Crippen LogP contribution in [0.2, 0.25) is 0 Å². The van der Waals surface area contributed by atoms with Crippen LogP contribution in [0, 0.1) is 18.3 Å². The van der Waals surface area contributed by atoms with Crippen LogP contribution < -0.4 is 9.46 Å². The zero-order chi connectivity index (χ0) is 20.3. The molecule has 1 N–H and O–H groups in total. The van der Waals surface area contributed by atoms with Crippen LogP contribution in [0.5, 0.6) is 5.75 Å². The van der Waals surface area contributed by atoms with Gasteiger partial charge in [-0.1, -0.05) is 17.7 Å². The Labute approximate surface area is 164 Å². The van der Waals surface area contributed by atoms with Crippen molar-refractivity contribution in [2.75, 3.05) is 18.4 Å². The molecule has 1 aliphatic carbocycles. The fourth-order valence-electron chi connectivity index (χ4n) is 2.85. The number of methoxy groups -OCH3 is 1. The van der Waals surface area contributed by atoms with Gasteiger partial charge in [-0.2, -0.15) is 5.26 Å². The molecule has 1 aliphatic rings. The number of aryl methyl sites for hydroxylation is 1. The minimum absolute atomic E-state index is 0.0285. The van der Waals surface area contributed by atoms with Gasteiger partial charge in [0, 0.05) is 17.3 Å². The van der Waals surface area contributed by atoms with E-state index in [1.54, 1.807) is 24.3 Å². The summed E-state index contributed by atoms with van der Waals surface area (Å²) < 4.78 is 33.5. The average Bonchev–Trinajstić information content (AvgIpc) is 3.52. The zero-order valence-corrected chi connectivity index (χ0v) is 16.5. The van der Waals surface area contributed by atoms with Gasteiger partial charge in [-0.05, 0) is 50.1 Å². The molecule has 1 amide bonds. The fourth-order valence-corrected chi connectivity index (χ4v) is 4.10. The Morgan fingerprint density at radius 2 is 1.93 bits per heavy atom. The first kappa shape index (κ1) is 19.7. The third-order valence-electron chi connectivity index (χ3n) is 4.49. The van der Waals surface area contributed by atoms with Crippen LogP contribution in [0.15, 0.2) is 47.4 Å². The number of carbonyl (C=O) groups is 1. The molecule has 1 saturated carbocycles. The zero-order valence-electron chi connectivity index (χ0n) is 15.7. The summed E-state index contributed by atoms with van der Waals surface area (Å²) in [4.78, 5) is 14.2. The molecule has 0 aliphatic heterocycles. The quantitative estimate of drug-likeness (QED) is 0.722. The summed E-state index contributed by atoms with van der Waals surface area (Å²) in [5.74, 6) is -0.229. The lowest BCUT2D eigenvalue weighted by Gasteiger charge is -2.20. The first-order valence-electron chi connectivity index (χ1n) is 8.81. The number of hydrogen-bond donors (Lipinski definition) is 1. The Morgan fingerprint density at radius 3 is 2.50 bits per heavy atom. The number of rotatable bonds is 7. The molecule has 3 rings (SSSR count). The van der Waals surface area contributed by atoms with Crippen LogP contribution >= 0.6 is 0 Å². The maximum atomic E-state index is 12.9. The van der Waals surface area contributed by atoms with Crippen LogP contribution in [0.3, 0.4) is 0 Å². The van der Waals surface area contributed by atoms with Gasteiger partial charge in [0.05, 0.1) is 13.2 Å². The van der Waals surface area contributed by atoms with E-state index in [1.807, 2.05) is 13.0 Å². The first-order valence-corrected chi connectivity index (χ1v) is 10.3. The highest BCUT2D eigenvalue weighted by Gasteiger charge is 2.33. The predicted molar refractivity (Wildman–Crippen MR) is 105 cm³/mol. The van der Waals surface area contributed by atoms with E-state index in [0.29, 0.717) is 5.69 Å². The molecule has 0 heterocycles. The van der Waals surface area contributed by atoms with Gasteiger partial charge in [-0.3, -0.25) is 9.52 Å². The van der Waals surface area contributed by atoms with Crippen molar-refractivity contribution in [1.29, 1.82) is 5.26 Å². The number of carbonyl (C=O) groups excluding carboxylic acids is 1. The normalized spacial score (nSPS) is 13.5. The van der Waals surface area contributed by atoms with Gasteiger partial charge in [0.1, 0.15) is 17.2 Å². The van der Waals surface area contributed by atoms with Crippen molar-refractivity contribution < 1.29 is 17.9 Å². The number of nitrogens with zero attached hydrogens (tertiary/aromatic N) is 2. The van der Waals surface area contributed by atoms with E-state index in [9.17, 15) is 13.2 Å². The number of ether oxygens (including phenoxy) is 1. The molecule has 2 aromatic rings. The predicted octanol–water partition coefficient (Wildman–Crippen LogP) is 2.93. The molecule has 7 nitrogen and oxygen atoms in total. The number of nitriles is 1. The largest absolute Gasteiger partial charge is 0.495 e. The second-order valence-corrected chi connectivity index (χ2v) is 8.31. The van der Waals surface area contributed by atoms with Crippen molar-refractivity contribution >= 4 is 21.6 Å². The Hall–Kier alpha value is -3.05. The van der Waals surface area contributed by atoms with E-state index in [-0.39, 0.29) is 34.7 Å². The van der Waals surface area contributed by atoms with Gasteiger partial charge in [0.2, 0.25) is 0 Å². The maximum Gasteiger partial charge on any atom is 0.265 e. The summed E-state index contributed by atoms with van der Waals surface area (Å²) in [7, 11) is -2.61. The van der Waals surface area contributed by atoms with E-state index in [4.69, 9.17) is 10.00 Å². The van der Waals surface area contributed by atoms with E-state index in [0.717, 1.165) is 18.4 Å². The molecular weight excluding hydrogens is 378 g/mol. The van der Waals surface area contributed by atoms with Crippen molar-refractivity contribution in [1.82, 2.24) is 4.90 Å². The van der Waals surface area contributed by atoms with E-state index < -0.39 is 10.0 Å². The van der Waals surface area contributed by atoms with Gasteiger partial charge >= 0.3 is 0 Å². The molecule has 2 aromatic carbocycles. The Balaban J connectivity index is 1.95. The highest BCUT2D eigenvalue weighted by Crippen LogP contribution is 2.31. The molecule has 0 saturated heterocycles. The highest BCUT2D eigenvalue weighted by atomic mass is 32.2. The summed E-state index contributed by atoms with van der Waals surface area (Å²) in [5, 5.41) is 8.99. The fraction of sp³-hybridized carbons (Fsp3) is 0.300. The van der Waals surface area contributed by atoms with Crippen molar-refractivity contribution in [3.63, 3.8) is 0 Å². The van der Waals surface area contributed by atoms with Gasteiger partial charge in [-0.15, -0.1) is 0 Å². The van der Waals surface area contributed by atoms with E-state index in [2.05, 4.69) is 4.72 Å². The van der Waals surface area contributed by atoms with Crippen molar-refractivity contribution in [3.8, 4) is 11.8 Å². The molecule has 0 atom stereocenters. The van der Waals surface area contributed by atoms with Crippen molar-refractivity contribution in [2.45, 2.75) is 30.7 Å². The minimum Gasteiger partial charge on any atom is -0.495 e. The average molecular weight is 399 g/mol. The Bertz CT molecular complexity index is 1020.